The lowest BCUT2D eigenvalue weighted by Crippen LogP contribution is -2.43. The molecular weight excluding hydrogens is 1040 g/mol. The number of hydrogen-bond donors (Lipinski definition) is 2. The minimum Gasteiger partial charge on any atom is -0.444 e. The van der Waals surface area contributed by atoms with E-state index in [4.69, 9.17) is 39.8 Å². The van der Waals surface area contributed by atoms with Gasteiger partial charge < -0.3 is 25.6 Å². The van der Waals surface area contributed by atoms with E-state index < -0.39 is 24.2 Å². The average molecular weight is 1100 g/mol. The highest BCUT2D eigenvalue weighted by molar-refractivity contribution is 6.31. The lowest BCUT2D eigenvalue weighted by Gasteiger charge is -2.25. The standard InChI is InChI=1S/C29H29ClN4O4.C24H21ClN4O2.C2HF3O.C2H6/c1-29(2,3)38-28(37)31-19-33(26(35)21-12-8-5-9-13-21)18-25-24-16-22(30)14-15-23(24)27(36)34(32-25)17-20-10-6-4-7-11-20;25-19-11-12-20-21(13-19)22(15-28(16-26)23(30)18-9-5-2-6-10-18)27-29(24(20)31)14-17-7-3-1-4-8-17;3-2(4,5)1-6;1-2/h4-16H,17-19H2,1-3H3,(H,31,37);1-13H,14-16,26H2;1H;1-2H3/i;;;1D. The van der Waals surface area contributed by atoms with E-state index in [1.807, 2.05) is 72.8 Å². The highest BCUT2D eigenvalue weighted by Crippen LogP contribution is 2.23. The van der Waals surface area contributed by atoms with E-state index in [-0.39, 0.29) is 55.9 Å². The van der Waals surface area contributed by atoms with Crippen molar-refractivity contribution in [2.24, 2.45) is 5.73 Å². The third-order valence-electron chi connectivity index (χ3n) is 10.8. The molecule has 0 fully saturated rings. The summed E-state index contributed by atoms with van der Waals surface area (Å²) in [7, 11) is 0. The predicted molar refractivity (Wildman–Crippen MR) is 293 cm³/mol. The highest BCUT2D eigenvalue weighted by Gasteiger charge is 2.25. The third kappa shape index (κ3) is 17.7. The molecule has 8 aromatic rings. The fourth-order valence-electron chi connectivity index (χ4n) is 7.39. The number of fused-ring (bicyclic) bond motifs is 2. The SMILES string of the molecule is CC(C)(C)OC(=O)NCN(Cc1nn(Cc2ccccc2)c(=O)c2ccc(Cl)cc12)C(=O)c1ccccc1.NCN(Cc1nn(Cc2ccccc2)c(=O)c2ccc(Cl)cc12)C(=O)c1ccccc1.O=CC(F)(F)F.[2H]CC. The van der Waals surface area contributed by atoms with Gasteiger partial charge in [0.2, 0.25) is 6.29 Å². The molecule has 2 heterocycles. The van der Waals surface area contributed by atoms with Crippen LogP contribution in [0.2, 0.25) is 10.0 Å². The number of nitrogens with zero attached hydrogens (tertiary/aromatic N) is 6. The number of rotatable bonds is 13. The second-order valence-corrected chi connectivity index (χ2v) is 18.5. The van der Waals surface area contributed by atoms with Crippen molar-refractivity contribution in [2.75, 3.05) is 13.3 Å². The molecule has 402 valence electrons. The Balaban J connectivity index is 0.000000252. The van der Waals surface area contributed by atoms with E-state index in [1.165, 1.54) is 19.2 Å². The monoisotopic (exact) mass is 1090 g/mol. The molecule has 0 aliphatic rings. The Hall–Kier alpha value is -8.19. The van der Waals surface area contributed by atoms with E-state index in [0.29, 0.717) is 67.5 Å². The summed E-state index contributed by atoms with van der Waals surface area (Å²) in [5.74, 6) is -0.527. The van der Waals surface area contributed by atoms with Crippen LogP contribution in [-0.4, -0.2) is 78.7 Å². The first-order valence-corrected chi connectivity index (χ1v) is 24.5. The van der Waals surface area contributed by atoms with Crippen LogP contribution in [0.15, 0.2) is 167 Å². The first kappa shape index (κ1) is 58.1. The van der Waals surface area contributed by atoms with Crippen LogP contribution in [0.4, 0.5) is 18.0 Å². The molecule has 3 N–H and O–H groups in total. The minimum absolute atomic E-state index is 0.00920. The molecule has 3 amide bonds. The van der Waals surface area contributed by atoms with E-state index >= 15 is 0 Å². The topological polar surface area (TPSA) is 192 Å². The van der Waals surface area contributed by atoms with Crippen LogP contribution < -0.4 is 22.2 Å². The molecule has 0 aliphatic heterocycles. The molecule has 2 aromatic heterocycles. The van der Waals surface area contributed by atoms with Crippen molar-refractivity contribution in [2.45, 2.75) is 72.6 Å². The van der Waals surface area contributed by atoms with Crippen molar-refractivity contribution in [3.63, 3.8) is 0 Å². The molecule has 0 atom stereocenters. The third-order valence-corrected chi connectivity index (χ3v) is 11.3. The summed E-state index contributed by atoms with van der Waals surface area (Å²) in [6.45, 7) is 8.18. The number of ether oxygens (including phenoxy) is 1. The Kier molecular flexibility index (Phi) is 21.2. The first-order valence-electron chi connectivity index (χ1n) is 24.5. The summed E-state index contributed by atoms with van der Waals surface area (Å²) < 4.78 is 45.6. The molecule has 0 saturated carbocycles. The number of alkyl carbamates (subject to hydrolysis) is 1. The van der Waals surface area contributed by atoms with Crippen LogP contribution in [0.25, 0.3) is 21.5 Å². The number of benzene rings is 6. The zero-order chi connectivity index (χ0) is 57.0. The molecule has 6 aromatic carbocycles. The molecule has 0 bridgehead atoms. The van der Waals surface area contributed by atoms with E-state index in [1.54, 1.807) is 113 Å². The van der Waals surface area contributed by atoms with Gasteiger partial charge >= 0.3 is 12.3 Å². The number of halogens is 5. The Labute approximate surface area is 454 Å². The van der Waals surface area contributed by atoms with Crippen LogP contribution >= 0.6 is 23.2 Å². The van der Waals surface area contributed by atoms with Crippen molar-refractivity contribution in [1.82, 2.24) is 34.7 Å². The number of carbonyl (C=O) groups excluding carboxylic acids is 4. The molecule has 0 unspecified atom stereocenters. The number of amides is 3. The van der Waals surface area contributed by atoms with Crippen LogP contribution in [0, 0.1) is 0 Å². The van der Waals surface area contributed by atoms with Gasteiger partial charge in [-0.1, -0.05) is 134 Å². The summed E-state index contributed by atoms with van der Waals surface area (Å²) in [5, 5.41) is 14.9. The van der Waals surface area contributed by atoms with Gasteiger partial charge in [0.15, 0.2) is 0 Å². The fourth-order valence-corrected chi connectivity index (χ4v) is 7.74. The van der Waals surface area contributed by atoms with Crippen LogP contribution in [0.1, 0.15) is 79.2 Å². The zero-order valence-electron chi connectivity index (χ0n) is 43.5. The average Bonchev–Trinajstić information content (AvgIpc) is 3.47. The molecule has 0 saturated heterocycles. The fraction of sp³-hybridized carbons (Fsp3) is 0.228. The van der Waals surface area contributed by atoms with Gasteiger partial charge in [-0.15, -0.1) is 0 Å². The number of aromatic nitrogens is 4. The van der Waals surface area contributed by atoms with Gasteiger partial charge in [0.25, 0.3) is 22.9 Å². The van der Waals surface area contributed by atoms with E-state index in [9.17, 15) is 37.1 Å². The summed E-state index contributed by atoms with van der Waals surface area (Å²) >= 11 is 12.5. The molecule has 0 aliphatic carbocycles. The summed E-state index contributed by atoms with van der Waals surface area (Å²) in [6, 6.07) is 46.8. The second-order valence-electron chi connectivity index (χ2n) is 17.6. The highest BCUT2D eigenvalue weighted by atomic mass is 35.5. The first-order chi connectivity index (χ1) is 37.1. The molecule has 0 radical (unpaired) electrons. The van der Waals surface area contributed by atoms with Crippen molar-refractivity contribution < 1.29 is 38.5 Å². The Morgan fingerprint density at radius 1 is 0.649 bits per heavy atom. The van der Waals surface area contributed by atoms with Gasteiger partial charge in [-0.3, -0.25) is 24.0 Å². The van der Waals surface area contributed by atoms with Crippen LogP contribution in [0.3, 0.4) is 0 Å². The van der Waals surface area contributed by atoms with Crippen molar-refractivity contribution in [1.29, 1.82) is 0 Å². The molecular formula is C57H57Cl2F3N8O7. The predicted octanol–water partition coefficient (Wildman–Crippen LogP) is 10.7. The molecule has 8 rings (SSSR count). The van der Waals surface area contributed by atoms with Gasteiger partial charge in [-0.25, -0.2) is 14.2 Å². The number of aldehydes is 1. The van der Waals surface area contributed by atoms with E-state index in [2.05, 4.69) is 15.5 Å². The number of hydrogen-bond acceptors (Lipinski definition) is 10. The summed E-state index contributed by atoms with van der Waals surface area (Å²) in [5.41, 5.74) is 8.59. The van der Waals surface area contributed by atoms with Gasteiger partial charge in [0.1, 0.15) is 5.60 Å². The lowest BCUT2D eigenvalue weighted by atomic mass is 10.1. The van der Waals surface area contributed by atoms with Gasteiger partial charge in [-0.2, -0.15) is 23.4 Å². The van der Waals surface area contributed by atoms with Crippen molar-refractivity contribution >= 4 is 68.9 Å². The van der Waals surface area contributed by atoms with Gasteiger partial charge in [0.05, 0.1) is 61.7 Å². The smallest absolute Gasteiger partial charge is 0.444 e. The Bertz CT molecular complexity index is 3410. The van der Waals surface area contributed by atoms with Crippen molar-refractivity contribution in [3.8, 4) is 0 Å². The zero-order valence-corrected chi connectivity index (χ0v) is 44.1. The maximum absolute atomic E-state index is 13.5. The second kappa shape index (κ2) is 28.1. The number of nitrogens with one attached hydrogen (secondary N) is 1. The minimum atomic E-state index is -4.64. The largest absolute Gasteiger partial charge is 0.446 e. The lowest BCUT2D eigenvalue weighted by molar-refractivity contribution is -0.156. The maximum Gasteiger partial charge on any atom is 0.446 e. The normalized spacial score (nSPS) is 11.1. The summed E-state index contributed by atoms with van der Waals surface area (Å²) in [6.07, 6.45) is -6.36. The molecule has 0 spiro atoms. The van der Waals surface area contributed by atoms with Gasteiger partial charge in [-0.05, 0) is 92.6 Å². The van der Waals surface area contributed by atoms with Crippen LogP contribution in [-0.2, 0) is 35.7 Å². The maximum atomic E-state index is 13.5. The molecule has 15 nitrogen and oxygen atoms in total. The van der Waals surface area contributed by atoms with Crippen LogP contribution in [0.5, 0.6) is 0 Å². The summed E-state index contributed by atoms with van der Waals surface area (Å²) in [4.78, 5) is 76.8. The Morgan fingerprint density at radius 2 is 1.01 bits per heavy atom. The quantitative estimate of drug-likeness (QED) is 0.0829. The van der Waals surface area contributed by atoms with Crippen molar-refractivity contribution in [3.05, 3.63) is 222 Å². The molecule has 77 heavy (non-hydrogen) atoms. The molecule has 20 heteroatoms. The van der Waals surface area contributed by atoms with E-state index in [0.717, 1.165) is 11.1 Å². The van der Waals surface area contributed by atoms with Gasteiger partial charge in [0, 0.05) is 33.3 Å². The number of alkyl halides is 3. The number of carbonyl (C=O) groups is 4. The number of nitrogens with two attached hydrogens (primary N) is 1. The Morgan fingerprint density at radius 3 is 1.38 bits per heavy atom.